The number of alkyl halides is 3. The lowest BCUT2D eigenvalue weighted by molar-refractivity contribution is -0.137. The molecule has 0 unspecified atom stereocenters. The molecule has 3 aromatic carbocycles. The van der Waals surface area contributed by atoms with Crippen molar-refractivity contribution in [3.63, 3.8) is 0 Å². The SMILES string of the molecule is O=C(N[C@H](Cc1ccc(Cl)cc1)C(=O)N1CCC(c2ccccc2CN2CCCC2=O)CC1)c1cc(=O)c2cc(C(F)(F)F)ccc2o1. The minimum absolute atomic E-state index is 0.126. The number of fused-ring (bicyclic) bond motifs is 1. The Balaban J connectivity index is 1.19. The quantitative estimate of drug-likeness (QED) is 0.235. The summed E-state index contributed by atoms with van der Waals surface area (Å²) >= 11 is 6.06. The molecule has 0 aliphatic carbocycles. The number of hydrogen-bond donors (Lipinski definition) is 1. The number of likely N-dealkylation sites (tertiary alicyclic amines) is 2. The van der Waals surface area contributed by atoms with Gasteiger partial charge in [0, 0.05) is 50.1 Å². The molecule has 250 valence electrons. The lowest BCUT2D eigenvalue weighted by Crippen LogP contribution is -2.51. The molecule has 1 aromatic heterocycles. The van der Waals surface area contributed by atoms with Gasteiger partial charge in [0.1, 0.15) is 11.6 Å². The summed E-state index contributed by atoms with van der Waals surface area (Å²) in [4.78, 5) is 56.0. The minimum Gasteiger partial charge on any atom is -0.451 e. The van der Waals surface area contributed by atoms with E-state index in [4.69, 9.17) is 16.0 Å². The molecule has 12 heteroatoms. The number of carbonyl (C=O) groups is 3. The number of carbonyl (C=O) groups excluding carboxylic acids is 3. The molecule has 0 spiro atoms. The van der Waals surface area contributed by atoms with Crippen molar-refractivity contribution in [2.75, 3.05) is 19.6 Å². The monoisotopic (exact) mass is 679 g/mol. The van der Waals surface area contributed by atoms with Gasteiger partial charge >= 0.3 is 6.18 Å². The molecule has 1 atom stereocenters. The fraction of sp³-hybridized carbons (Fsp3) is 0.333. The van der Waals surface area contributed by atoms with Gasteiger partial charge in [-0.1, -0.05) is 48.0 Å². The van der Waals surface area contributed by atoms with Crippen LogP contribution in [0.4, 0.5) is 13.2 Å². The van der Waals surface area contributed by atoms with Crippen LogP contribution in [0.2, 0.25) is 5.02 Å². The standard InChI is InChI=1S/C36H33ClF3N3O5/c37-26-10-7-22(8-11-26)18-29(41-34(46)32-20-30(44)28-19-25(36(38,39)40)9-12-31(28)48-32)35(47)42-16-13-23(14-17-42)27-5-2-1-4-24(27)21-43-15-3-6-33(43)45/h1-2,4-5,7-12,19-20,23,29H,3,6,13-18,21H2,(H,41,46)/t29-/m1/s1. The second kappa shape index (κ2) is 13.8. The van der Waals surface area contributed by atoms with Crippen molar-refractivity contribution in [3.05, 3.63) is 116 Å². The van der Waals surface area contributed by atoms with Gasteiger partial charge in [-0.05, 0) is 72.2 Å². The molecule has 4 aromatic rings. The van der Waals surface area contributed by atoms with Crippen molar-refractivity contribution in [2.24, 2.45) is 0 Å². The normalized spacial score (nSPS) is 16.4. The van der Waals surface area contributed by atoms with Crippen LogP contribution < -0.4 is 10.7 Å². The van der Waals surface area contributed by atoms with E-state index >= 15 is 0 Å². The summed E-state index contributed by atoms with van der Waals surface area (Å²) in [6, 6.07) is 17.2. The van der Waals surface area contributed by atoms with Crippen molar-refractivity contribution in [3.8, 4) is 0 Å². The van der Waals surface area contributed by atoms with E-state index in [2.05, 4.69) is 17.4 Å². The first-order chi connectivity index (χ1) is 23.0. The highest BCUT2D eigenvalue weighted by Gasteiger charge is 2.33. The van der Waals surface area contributed by atoms with E-state index in [1.165, 1.54) is 5.56 Å². The van der Waals surface area contributed by atoms with E-state index in [1.54, 1.807) is 29.2 Å². The van der Waals surface area contributed by atoms with Gasteiger partial charge in [-0.2, -0.15) is 13.2 Å². The summed E-state index contributed by atoms with van der Waals surface area (Å²) < 4.78 is 45.1. The number of hydrogen-bond acceptors (Lipinski definition) is 5. The number of halogens is 4. The highest BCUT2D eigenvalue weighted by molar-refractivity contribution is 6.30. The van der Waals surface area contributed by atoms with Crippen LogP contribution in [0.5, 0.6) is 0 Å². The summed E-state index contributed by atoms with van der Waals surface area (Å²) in [5, 5.41) is 2.90. The first-order valence-electron chi connectivity index (χ1n) is 15.8. The van der Waals surface area contributed by atoms with E-state index < -0.39 is 34.9 Å². The molecule has 2 saturated heterocycles. The molecule has 0 radical (unpaired) electrons. The Hall–Kier alpha value is -4.64. The van der Waals surface area contributed by atoms with Gasteiger partial charge in [0.05, 0.1) is 10.9 Å². The molecule has 3 amide bonds. The predicted octanol–water partition coefficient (Wildman–Crippen LogP) is 6.33. The van der Waals surface area contributed by atoms with Gasteiger partial charge < -0.3 is 19.5 Å². The number of benzene rings is 3. The van der Waals surface area contributed by atoms with Gasteiger partial charge in [-0.3, -0.25) is 19.2 Å². The van der Waals surface area contributed by atoms with Crippen molar-refractivity contribution in [1.82, 2.24) is 15.1 Å². The summed E-state index contributed by atoms with van der Waals surface area (Å²) in [6.45, 7) is 2.21. The molecule has 2 aliphatic rings. The largest absolute Gasteiger partial charge is 0.451 e. The summed E-state index contributed by atoms with van der Waals surface area (Å²) in [7, 11) is 0. The molecule has 2 fully saturated rings. The van der Waals surface area contributed by atoms with Crippen LogP contribution in [0.15, 0.2) is 82.0 Å². The van der Waals surface area contributed by atoms with Crippen LogP contribution in [0.25, 0.3) is 11.0 Å². The first-order valence-corrected chi connectivity index (χ1v) is 16.2. The number of amides is 3. The van der Waals surface area contributed by atoms with Crippen LogP contribution in [0, 0.1) is 0 Å². The number of piperidine rings is 1. The molecule has 48 heavy (non-hydrogen) atoms. The Labute approximate surface area is 279 Å². The third-order valence-electron chi connectivity index (χ3n) is 9.07. The van der Waals surface area contributed by atoms with Crippen LogP contribution >= 0.6 is 11.6 Å². The number of nitrogens with one attached hydrogen (secondary N) is 1. The zero-order valence-electron chi connectivity index (χ0n) is 25.9. The molecule has 2 aliphatic heterocycles. The average molecular weight is 680 g/mol. The Morgan fingerprint density at radius 1 is 0.958 bits per heavy atom. The third-order valence-corrected chi connectivity index (χ3v) is 9.32. The maximum absolute atomic E-state index is 14.0. The van der Waals surface area contributed by atoms with Gasteiger partial charge in [0.15, 0.2) is 11.2 Å². The van der Waals surface area contributed by atoms with Gasteiger partial charge in [0.2, 0.25) is 11.8 Å². The maximum atomic E-state index is 14.0. The van der Waals surface area contributed by atoms with E-state index in [-0.39, 0.29) is 35.1 Å². The molecule has 1 N–H and O–H groups in total. The van der Waals surface area contributed by atoms with Crippen LogP contribution in [-0.4, -0.2) is 53.2 Å². The Bertz CT molecular complexity index is 1900. The Morgan fingerprint density at radius 2 is 1.69 bits per heavy atom. The van der Waals surface area contributed by atoms with E-state index in [0.717, 1.165) is 42.3 Å². The zero-order chi connectivity index (χ0) is 34.0. The highest BCUT2D eigenvalue weighted by Crippen LogP contribution is 2.33. The van der Waals surface area contributed by atoms with Crippen LogP contribution in [-0.2, 0) is 28.7 Å². The van der Waals surface area contributed by atoms with Gasteiger partial charge in [-0.25, -0.2) is 0 Å². The Kier molecular flexibility index (Phi) is 9.59. The summed E-state index contributed by atoms with van der Waals surface area (Å²) in [6.07, 6.45) is -1.70. The van der Waals surface area contributed by atoms with E-state index in [1.807, 2.05) is 17.0 Å². The van der Waals surface area contributed by atoms with Gasteiger partial charge in [-0.15, -0.1) is 0 Å². The average Bonchev–Trinajstić information content (AvgIpc) is 3.48. The maximum Gasteiger partial charge on any atom is 0.416 e. The van der Waals surface area contributed by atoms with E-state index in [9.17, 15) is 32.3 Å². The molecular formula is C36H33ClF3N3O5. The second-order valence-electron chi connectivity index (χ2n) is 12.3. The van der Waals surface area contributed by atoms with Crippen molar-refractivity contribution in [2.45, 2.75) is 56.8 Å². The second-order valence-corrected chi connectivity index (χ2v) is 12.7. The topological polar surface area (TPSA) is 99.9 Å². The zero-order valence-corrected chi connectivity index (χ0v) is 26.7. The lowest BCUT2D eigenvalue weighted by atomic mass is 9.86. The predicted molar refractivity (Wildman–Crippen MR) is 174 cm³/mol. The molecular weight excluding hydrogens is 647 g/mol. The minimum atomic E-state index is -4.65. The lowest BCUT2D eigenvalue weighted by Gasteiger charge is -2.35. The first kappa shape index (κ1) is 33.3. The molecule has 0 saturated carbocycles. The summed E-state index contributed by atoms with van der Waals surface area (Å²) in [5.41, 5.74) is 1.00. The molecule has 6 rings (SSSR count). The Morgan fingerprint density at radius 3 is 2.38 bits per heavy atom. The number of rotatable bonds is 8. The molecule has 8 nitrogen and oxygen atoms in total. The third kappa shape index (κ3) is 7.41. The molecule has 3 heterocycles. The van der Waals surface area contributed by atoms with Crippen LogP contribution in [0.3, 0.4) is 0 Å². The van der Waals surface area contributed by atoms with E-state index in [0.29, 0.717) is 50.0 Å². The highest BCUT2D eigenvalue weighted by atomic mass is 35.5. The molecule has 0 bridgehead atoms. The van der Waals surface area contributed by atoms with Crippen LogP contribution in [0.1, 0.15) is 64.4 Å². The van der Waals surface area contributed by atoms with Crippen molar-refractivity contribution < 1.29 is 32.0 Å². The van der Waals surface area contributed by atoms with Crippen molar-refractivity contribution in [1.29, 1.82) is 0 Å². The smallest absolute Gasteiger partial charge is 0.416 e. The summed E-state index contributed by atoms with van der Waals surface area (Å²) in [5.74, 6) is -1.23. The van der Waals surface area contributed by atoms with Gasteiger partial charge in [0.25, 0.3) is 5.91 Å². The fourth-order valence-corrected chi connectivity index (χ4v) is 6.64. The van der Waals surface area contributed by atoms with Crippen molar-refractivity contribution >= 4 is 40.3 Å². The fourth-order valence-electron chi connectivity index (χ4n) is 6.51. The number of nitrogens with zero attached hydrogens (tertiary/aromatic N) is 2.